The lowest BCUT2D eigenvalue weighted by atomic mass is 9.86. The molecule has 2 atom stereocenters. The van der Waals surface area contributed by atoms with Crippen molar-refractivity contribution in [1.29, 1.82) is 0 Å². The molecule has 0 bridgehead atoms. The maximum atomic E-state index is 11.3. The number of aldehydes is 1. The van der Waals surface area contributed by atoms with E-state index in [1.807, 2.05) is 6.92 Å². The van der Waals surface area contributed by atoms with Gasteiger partial charge in [0.2, 0.25) is 0 Å². The van der Waals surface area contributed by atoms with E-state index in [1.54, 1.807) is 0 Å². The SMILES string of the molecule is CCC(/C(C)=C(\C=O)OP(C)CCCCN)C(C)C. The number of carbonyl (C=O) groups excluding carboxylic acids is 1. The average Bonchev–Trinajstić information content (AvgIpc) is 2.36. The highest BCUT2D eigenvalue weighted by Gasteiger charge is 2.18. The number of carbonyl (C=O) groups is 1. The summed E-state index contributed by atoms with van der Waals surface area (Å²) in [7, 11) is -0.564. The Hall–Kier alpha value is -0.400. The lowest BCUT2D eigenvalue weighted by molar-refractivity contribution is -0.106. The van der Waals surface area contributed by atoms with Gasteiger partial charge in [-0.2, -0.15) is 0 Å². The van der Waals surface area contributed by atoms with Crippen LogP contribution in [0.15, 0.2) is 11.3 Å². The molecule has 0 spiro atoms. The summed E-state index contributed by atoms with van der Waals surface area (Å²) in [5.74, 6) is 1.51. The Labute approximate surface area is 119 Å². The zero-order chi connectivity index (χ0) is 14.8. The van der Waals surface area contributed by atoms with Crippen molar-refractivity contribution >= 4 is 14.4 Å². The number of hydrogen-bond acceptors (Lipinski definition) is 3. The van der Waals surface area contributed by atoms with Gasteiger partial charge in [0.15, 0.2) is 12.0 Å². The summed E-state index contributed by atoms with van der Waals surface area (Å²) in [4.78, 5) is 11.3. The van der Waals surface area contributed by atoms with Gasteiger partial charge in [0.25, 0.3) is 0 Å². The first kappa shape index (κ1) is 18.6. The van der Waals surface area contributed by atoms with Gasteiger partial charge in [0.1, 0.15) is 0 Å². The number of rotatable bonds is 10. The Morgan fingerprint density at radius 3 is 2.42 bits per heavy atom. The molecular weight excluding hydrogens is 257 g/mol. The predicted molar refractivity (Wildman–Crippen MR) is 84.5 cm³/mol. The third kappa shape index (κ3) is 7.08. The number of unbranched alkanes of at least 4 members (excludes halogenated alkanes) is 1. The Kier molecular flexibility index (Phi) is 10.2. The molecule has 0 aliphatic rings. The van der Waals surface area contributed by atoms with E-state index in [0.29, 0.717) is 17.6 Å². The van der Waals surface area contributed by atoms with Gasteiger partial charge in [-0.1, -0.05) is 20.8 Å². The molecule has 0 aromatic heterocycles. The number of allylic oxidation sites excluding steroid dienone is 2. The molecule has 19 heavy (non-hydrogen) atoms. The second kappa shape index (κ2) is 10.4. The van der Waals surface area contributed by atoms with Crippen LogP contribution < -0.4 is 5.73 Å². The molecule has 0 heterocycles. The molecule has 0 saturated heterocycles. The first-order valence-electron chi connectivity index (χ1n) is 7.22. The molecule has 0 rings (SSSR count). The normalized spacial score (nSPS) is 15.9. The van der Waals surface area contributed by atoms with Crippen molar-refractivity contribution in [3.63, 3.8) is 0 Å². The highest BCUT2D eigenvalue weighted by Crippen LogP contribution is 2.38. The maximum Gasteiger partial charge on any atom is 0.184 e. The van der Waals surface area contributed by atoms with Crippen LogP contribution in [-0.4, -0.2) is 25.7 Å². The van der Waals surface area contributed by atoms with Crippen LogP contribution in [0.25, 0.3) is 0 Å². The highest BCUT2D eigenvalue weighted by molar-refractivity contribution is 7.51. The van der Waals surface area contributed by atoms with Gasteiger partial charge in [-0.05, 0) is 56.8 Å². The van der Waals surface area contributed by atoms with E-state index in [2.05, 4.69) is 27.4 Å². The van der Waals surface area contributed by atoms with Crippen LogP contribution in [-0.2, 0) is 9.32 Å². The van der Waals surface area contributed by atoms with Crippen LogP contribution in [0.3, 0.4) is 0 Å². The molecular formula is C15H30NO2P. The maximum absolute atomic E-state index is 11.3. The predicted octanol–water partition coefficient (Wildman–Crippen LogP) is 3.92. The van der Waals surface area contributed by atoms with Crippen molar-refractivity contribution in [3.8, 4) is 0 Å². The van der Waals surface area contributed by atoms with Crippen molar-refractivity contribution in [2.75, 3.05) is 19.4 Å². The second-order valence-corrected chi connectivity index (χ2v) is 7.25. The van der Waals surface area contributed by atoms with E-state index in [9.17, 15) is 4.79 Å². The van der Waals surface area contributed by atoms with E-state index in [0.717, 1.165) is 43.8 Å². The average molecular weight is 287 g/mol. The molecule has 0 aliphatic heterocycles. The minimum absolute atomic E-state index is 0.424. The van der Waals surface area contributed by atoms with Gasteiger partial charge in [-0.3, -0.25) is 4.79 Å². The number of hydrogen-bond donors (Lipinski definition) is 1. The smallest absolute Gasteiger partial charge is 0.184 e. The van der Waals surface area contributed by atoms with Crippen molar-refractivity contribution < 1.29 is 9.32 Å². The molecule has 0 amide bonds. The molecule has 0 aromatic rings. The molecule has 4 heteroatoms. The summed E-state index contributed by atoms with van der Waals surface area (Å²) in [5, 5.41) is 0. The van der Waals surface area contributed by atoms with Crippen LogP contribution in [0.5, 0.6) is 0 Å². The molecule has 0 saturated carbocycles. The van der Waals surface area contributed by atoms with Crippen molar-refractivity contribution in [3.05, 3.63) is 11.3 Å². The van der Waals surface area contributed by atoms with E-state index in [1.165, 1.54) is 0 Å². The van der Waals surface area contributed by atoms with Crippen LogP contribution in [0.4, 0.5) is 0 Å². The third-order valence-corrected chi connectivity index (χ3v) is 4.93. The fraction of sp³-hybridized carbons (Fsp3) is 0.800. The van der Waals surface area contributed by atoms with Gasteiger partial charge in [-0.15, -0.1) is 0 Å². The van der Waals surface area contributed by atoms with Gasteiger partial charge in [0.05, 0.1) is 8.15 Å². The summed E-state index contributed by atoms with van der Waals surface area (Å²) in [6.07, 6.45) is 5.03. The molecule has 2 unspecified atom stereocenters. The molecule has 3 nitrogen and oxygen atoms in total. The summed E-state index contributed by atoms with van der Waals surface area (Å²) >= 11 is 0. The molecule has 2 N–H and O–H groups in total. The van der Waals surface area contributed by atoms with Crippen molar-refractivity contribution in [1.82, 2.24) is 0 Å². The molecule has 0 aromatic carbocycles. The minimum Gasteiger partial charge on any atom is -0.471 e. The lowest BCUT2D eigenvalue weighted by Crippen LogP contribution is -2.12. The quantitative estimate of drug-likeness (QED) is 0.218. The van der Waals surface area contributed by atoms with E-state index >= 15 is 0 Å². The Balaban J connectivity index is 4.65. The summed E-state index contributed by atoms with van der Waals surface area (Å²) in [5.41, 5.74) is 6.58. The Bertz CT molecular complexity index is 290. The van der Waals surface area contributed by atoms with Crippen LogP contribution >= 0.6 is 8.15 Å². The van der Waals surface area contributed by atoms with Crippen molar-refractivity contribution in [2.45, 2.75) is 47.0 Å². The van der Waals surface area contributed by atoms with Crippen molar-refractivity contribution in [2.24, 2.45) is 17.6 Å². The van der Waals surface area contributed by atoms with Gasteiger partial charge in [0, 0.05) is 6.16 Å². The zero-order valence-corrected chi connectivity index (χ0v) is 14.0. The zero-order valence-electron chi connectivity index (χ0n) is 13.1. The van der Waals surface area contributed by atoms with Gasteiger partial charge >= 0.3 is 0 Å². The standard InChI is InChI=1S/C15H30NO2P/c1-6-14(12(2)3)13(4)15(11-17)18-19(5)10-8-7-9-16/h11-12,14H,6-10,16H2,1-5H3/b15-13+. The molecule has 112 valence electrons. The van der Waals surface area contributed by atoms with E-state index in [-0.39, 0.29) is 0 Å². The van der Waals surface area contributed by atoms with Crippen LogP contribution in [0.1, 0.15) is 47.0 Å². The Morgan fingerprint density at radius 2 is 2.00 bits per heavy atom. The third-order valence-electron chi connectivity index (χ3n) is 3.48. The summed E-state index contributed by atoms with van der Waals surface area (Å²) in [6, 6.07) is 0. The largest absolute Gasteiger partial charge is 0.471 e. The molecule has 0 radical (unpaired) electrons. The topological polar surface area (TPSA) is 52.3 Å². The fourth-order valence-electron chi connectivity index (χ4n) is 2.34. The lowest BCUT2D eigenvalue weighted by Gasteiger charge is -2.23. The fourth-order valence-corrected chi connectivity index (χ4v) is 3.62. The highest BCUT2D eigenvalue weighted by atomic mass is 31.1. The van der Waals surface area contributed by atoms with E-state index in [4.69, 9.17) is 10.3 Å². The van der Waals surface area contributed by atoms with Crippen LogP contribution in [0.2, 0.25) is 0 Å². The summed E-state index contributed by atoms with van der Waals surface area (Å²) in [6.45, 7) is 11.4. The number of nitrogens with two attached hydrogens (primary N) is 1. The van der Waals surface area contributed by atoms with Crippen LogP contribution in [0, 0.1) is 11.8 Å². The Morgan fingerprint density at radius 1 is 1.37 bits per heavy atom. The summed E-state index contributed by atoms with van der Waals surface area (Å²) < 4.78 is 5.88. The first-order chi connectivity index (χ1) is 8.97. The minimum atomic E-state index is -0.564. The van der Waals surface area contributed by atoms with Gasteiger partial charge < -0.3 is 10.3 Å². The second-order valence-electron chi connectivity index (χ2n) is 5.36. The first-order valence-corrected chi connectivity index (χ1v) is 9.12. The monoisotopic (exact) mass is 287 g/mol. The molecule has 0 fully saturated rings. The van der Waals surface area contributed by atoms with E-state index < -0.39 is 8.15 Å². The van der Waals surface area contributed by atoms with Gasteiger partial charge in [-0.25, -0.2) is 0 Å². The molecule has 0 aliphatic carbocycles.